The highest BCUT2D eigenvalue weighted by Crippen LogP contribution is 2.32. The van der Waals surface area contributed by atoms with Gasteiger partial charge in [-0.05, 0) is 90.3 Å². The average molecular weight is 451 g/mol. The van der Waals surface area contributed by atoms with Crippen LogP contribution in [0.5, 0.6) is 11.5 Å². The zero-order valence-corrected chi connectivity index (χ0v) is 16.9. The first-order valence-corrected chi connectivity index (χ1v) is 9.83. The van der Waals surface area contributed by atoms with Crippen LogP contribution in [0.25, 0.3) is 5.57 Å². The van der Waals surface area contributed by atoms with Gasteiger partial charge in [-0.1, -0.05) is 34.1 Å². The Balaban J connectivity index is 1.65. The number of hydrogen-bond acceptors (Lipinski definition) is 2. The maximum Gasteiger partial charge on any atom is 0.141 e. The summed E-state index contributed by atoms with van der Waals surface area (Å²) in [6.07, 6.45) is 5.00. The Morgan fingerprint density at radius 1 is 1.08 bits per heavy atom. The number of ether oxygens (including phenoxy) is 1. The largest absolute Gasteiger partial charge is 0.456 e. The third-order valence-corrected chi connectivity index (χ3v) is 5.40. The molecule has 2 nitrogen and oxygen atoms in total. The van der Waals surface area contributed by atoms with Crippen molar-refractivity contribution >= 4 is 37.4 Å². The average Bonchev–Trinajstić information content (AvgIpc) is 3.09. The maximum absolute atomic E-state index is 5.94. The number of rotatable bonds is 5. The Hall–Kier alpha value is -1.10. The summed E-state index contributed by atoms with van der Waals surface area (Å²) in [4.78, 5) is 2.51. The van der Waals surface area contributed by atoms with Crippen molar-refractivity contribution in [1.82, 2.24) is 4.90 Å². The van der Waals surface area contributed by atoms with E-state index in [1.165, 1.54) is 37.1 Å². The van der Waals surface area contributed by atoms with Gasteiger partial charge in [0.15, 0.2) is 0 Å². The molecule has 1 aliphatic heterocycles. The second-order valence-corrected chi connectivity index (χ2v) is 7.87. The van der Waals surface area contributed by atoms with Crippen LogP contribution in [-0.2, 0) is 0 Å². The summed E-state index contributed by atoms with van der Waals surface area (Å²) < 4.78 is 7.90. The smallest absolute Gasteiger partial charge is 0.141 e. The van der Waals surface area contributed by atoms with Crippen molar-refractivity contribution in [3.8, 4) is 11.5 Å². The summed E-state index contributed by atoms with van der Waals surface area (Å²) in [5.41, 5.74) is 2.56. The summed E-state index contributed by atoms with van der Waals surface area (Å²) >= 11 is 6.98. The van der Waals surface area contributed by atoms with Gasteiger partial charge in [0.1, 0.15) is 11.5 Å². The van der Waals surface area contributed by atoms with Crippen LogP contribution >= 0.6 is 31.9 Å². The summed E-state index contributed by atoms with van der Waals surface area (Å²) in [6.45, 7) is 5.70. The molecule has 126 valence electrons. The number of allylic oxidation sites excluding steroid dienone is 1. The monoisotopic (exact) mass is 449 g/mol. The highest BCUT2D eigenvalue weighted by Gasteiger charge is 2.09. The number of halogens is 2. The van der Waals surface area contributed by atoms with Crippen molar-refractivity contribution in [3.63, 3.8) is 0 Å². The van der Waals surface area contributed by atoms with E-state index in [1.54, 1.807) is 0 Å². The maximum atomic E-state index is 5.94. The molecule has 0 N–H and O–H groups in total. The molecule has 0 spiro atoms. The molecular weight excluding hydrogens is 430 g/mol. The van der Waals surface area contributed by atoms with Crippen molar-refractivity contribution in [2.75, 3.05) is 19.6 Å². The van der Waals surface area contributed by atoms with E-state index in [4.69, 9.17) is 4.74 Å². The fourth-order valence-electron chi connectivity index (χ4n) is 2.82. The second-order valence-electron chi connectivity index (χ2n) is 6.10. The minimum absolute atomic E-state index is 0.812. The molecule has 0 atom stereocenters. The molecule has 1 saturated heterocycles. The van der Waals surface area contributed by atoms with Crippen LogP contribution in [0.1, 0.15) is 25.3 Å². The highest BCUT2D eigenvalue weighted by atomic mass is 79.9. The van der Waals surface area contributed by atoms with Gasteiger partial charge in [-0.25, -0.2) is 0 Å². The van der Waals surface area contributed by atoms with Crippen LogP contribution in [0.4, 0.5) is 0 Å². The van der Waals surface area contributed by atoms with Crippen LogP contribution in [0.3, 0.4) is 0 Å². The standard InChI is InChI=1S/C20H21Br2NO/c1-15(10-13-23-11-2-3-12-23)16-4-7-18(8-5-16)24-20-9-6-17(21)14-19(20)22/h4-10,14H,2-3,11-13H2,1H3. The van der Waals surface area contributed by atoms with Crippen molar-refractivity contribution in [2.24, 2.45) is 0 Å². The zero-order valence-electron chi connectivity index (χ0n) is 13.8. The van der Waals surface area contributed by atoms with Gasteiger partial charge in [-0.2, -0.15) is 0 Å². The van der Waals surface area contributed by atoms with Crippen molar-refractivity contribution in [2.45, 2.75) is 19.8 Å². The van der Waals surface area contributed by atoms with Crippen molar-refractivity contribution in [3.05, 3.63) is 63.0 Å². The first-order chi connectivity index (χ1) is 11.6. The minimum Gasteiger partial charge on any atom is -0.456 e. The van der Waals surface area contributed by atoms with Crippen LogP contribution in [0.15, 0.2) is 57.5 Å². The zero-order chi connectivity index (χ0) is 16.9. The molecule has 0 bridgehead atoms. The first-order valence-electron chi connectivity index (χ1n) is 8.24. The lowest BCUT2D eigenvalue weighted by molar-refractivity contribution is 0.377. The van der Waals surface area contributed by atoms with E-state index >= 15 is 0 Å². The molecule has 0 amide bonds. The molecule has 0 radical (unpaired) electrons. The van der Waals surface area contributed by atoms with Gasteiger partial charge in [-0.15, -0.1) is 0 Å². The molecule has 2 aromatic rings. The molecule has 3 rings (SSSR count). The molecule has 0 saturated carbocycles. The third-order valence-electron chi connectivity index (χ3n) is 4.29. The van der Waals surface area contributed by atoms with Gasteiger partial charge < -0.3 is 4.74 Å². The summed E-state index contributed by atoms with van der Waals surface area (Å²) in [6, 6.07) is 14.2. The molecule has 24 heavy (non-hydrogen) atoms. The molecule has 1 aliphatic rings. The molecule has 2 aromatic carbocycles. The molecule has 0 aliphatic carbocycles. The van der Waals surface area contributed by atoms with Gasteiger partial charge in [0.25, 0.3) is 0 Å². The number of nitrogens with zero attached hydrogens (tertiary/aromatic N) is 1. The van der Waals surface area contributed by atoms with Crippen LogP contribution in [0, 0.1) is 0 Å². The van der Waals surface area contributed by atoms with E-state index in [-0.39, 0.29) is 0 Å². The lowest BCUT2D eigenvalue weighted by Gasteiger charge is -2.12. The molecule has 4 heteroatoms. The Morgan fingerprint density at radius 2 is 1.79 bits per heavy atom. The Morgan fingerprint density at radius 3 is 2.46 bits per heavy atom. The minimum atomic E-state index is 0.812. The molecule has 0 aromatic heterocycles. The fourth-order valence-corrected chi connectivity index (χ4v) is 3.95. The predicted molar refractivity (Wildman–Crippen MR) is 108 cm³/mol. The van der Waals surface area contributed by atoms with Crippen molar-refractivity contribution in [1.29, 1.82) is 0 Å². The number of benzene rings is 2. The van der Waals surface area contributed by atoms with E-state index in [0.717, 1.165) is 27.0 Å². The van der Waals surface area contributed by atoms with Crippen LogP contribution in [-0.4, -0.2) is 24.5 Å². The van der Waals surface area contributed by atoms with E-state index in [9.17, 15) is 0 Å². The summed E-state index contributed by atoms with van der Waals surface area (Å²) in [5.74, 6) is 1.65. The predicted octanol–water partition coefficient (Wildman–Crippen LogP) is 6.50. The third kappa shape index (κ3) is 4.71. The second kappa shape index (κ2) is 8.32. The van der Waals surface area contributed by atoms with Gasteiger partial charge in [0.05, 0.1) is 4.47 Å². The van der Waals surface area contributed by atoms with Crippen LogP contribution < -0.4 is 4.74 Å². The number of likely N-dealkylation sites (tertiary alicyclic amines) is 1. The van der Waals surface area contributed by atoms with Gasteiger partial charge in [0, 0.05) is 11.0 Å². The van der Waals surface area contributed by atoms with E-state index < -0.39 is 0 Å². The van der Waals surface area contributed by atoms with Gasteiger partial charge in [-0.3, -0.25) is 4.90 Å². The summed E-state index contributed by atoms with van der Waals surface area (Å²) in [5, 5.41) is 0. The quantitative estimate of drug-likeness (QED) is 0.515. The van der Waals surface area contributed by atoms with Gasteiger partial charge in [0.2, 0.25) is 0 Å². The Labute approximate surface area is 160 Å². The SMILES string of the molecule is CC(=CCN1CCCC1)c1ccc(Oc2ccc(Br)cc2Br)cc1. The van der Waals surface area contributed by atoms with E-state index in [2.05, 4.69) is 61.9 Å². The van der Waals surface area contributed by atoms with Crippen LogP contribution in [0.2, 0.25) is 0 Å². The van der Waals surface area contributed by atoms with Crippen molar-refractivity contribution < 1.29 is 4.74 Å². The lowest BCUT2D eigenvalue weighted by atomic mass is 10.1. The molecule has 1 fully saturated rings. The normalized spacial score (nSPS) is 15.7. The summed E-state index contributed by atoms with van der Waals surface area (Å²) in [7, 11) is 0. The molecular formula is C20H21Br2NO. The number of hydrogen-bond donors (Lipinski definition) is 0. The van der Waals surface area contributed by atoms with E-state index in [1.807, 2.05) is 30.3 Å². The highest BCUT2D eigenvalue weighted by molar-refractivity contribution is 9.11. The topological polar surface area (TPSA) is 12.5 Å². The lowest BCUT2D eigenvalue weighted by Crippen LogP contribution is -2.18. The fraction of sp³-hybridized carbons (Fsp3) is 0.300. The molecule has 0 unspecified atom stereocenters. The first kappa shape index (κ1) is 17.7. The Bertz CT molecular complexity index is 719. The molecule has 1 heterocycles. The van der Waals surface area contributed by atoms with E-state index in [0.29, 0.717) is 0 Å². The van der Waals surface area contributed by atoms with Gasteiger partial charge >= 0.3 is 0 Å². The Kier molecular flexibility index (Phi) is 6.14.